The molecule has 0 fully saturated rings. The van der Waals surface area contributed by atoms with E-state index in [4.69, 9.17) is 0 Å². The highest BCUT2D eigenvalue weighted by Crippen LogP contribution is 2.15. The van der Waals surface area contributed by atoms with E-state index in [-0.39, 0.29) is 12.8 Å². The third-order valence-electron chi connectivity index (χ3n) is 0.908. The summed E-state index contributed by atoms with van der Waals surface area (Å²) in [4.78, 5) is 10.9. The lowest BCUT2D eigenvalue weighted by molar-refractivity contribution is -0.159. The zero-order valence-corrected chi connectivity index (χ0v) is 7.68. The molecule has 0 atom stereocenters. The maximum atomic E-state index is 10.9. The second kappa shape index (κ2) is 4.42. The summed E-state index contributed by atoms with van der Waals surface area (Å²) >= 11 is 0. The van der Waals surface area contributed by atoms with E-state index in [0.29, 0.717) is 0 Å². The smallest absolute Gasteiger partial charge is 0.330 e. The van der Waals surface area contributed by atoms with Gasteiger partial charge in [-0.2, -0.15) is 0 Å². The quantitative estimate of drug-likeness (QED) is 0.286. The van der Waals surface area contributed by atoms with Crippen LogP contribution < -0.4 is 0 Å². The molecule has 0 N–H and O–H groups in total. The van der Waals surface area contributed by atoms with Gasteiger partial charge in [0.25, 0.3) is 0 Å². The van der Waals surface area contributed by atoms with Crippen molar-refractivity contribution < 1.29 is 18.6 Å². The number of carbonyl (C=O) groups is 1. The first-order chi connectivity index (χ1) is 4.98. The van der Waals surface area contributed by atoms with Crippen molar-refractivity contribution >= 4 is 14.7 Å². The lowest BCUT2D eigenvalue weighted by atomic mass is 9.98. The zero-order valence-electron chi connectivity index (χ0n) is 6.79. The van der Waals surface area contributed by atoms with E-state index in [0.717, 1.165) is 0 Å². The van der Waals surface area contributed by atoms with Gasteiger partial charge in [0.2, 0.25) is 6.79 Å². The monoisotopic (exact) mass is 178 g/mol. The highest BCUT2D eigenvalue weighted by Gasteiger charge is 2.22. The van der Waals surface area contributed by atoms with Crippen LogP contribution in [0.25, 0.3) is 0 Å². The average Bonchev–Trinajstić information content (AvgIpc) is 1.86. The summed E-state index contributed by atoms with van der Waals surface area (Å²) in [6, 6.07) is 0. The van der Waals surface area contributed by atoms with Crippen molar-refractivity contribution in [2.24, 2.45) is 5.41 Å². The predicted octanol–water partition coefficient (Wildman–Crippen LogP) is 1.76. The van der Waals surface area contributed by atoms with Crippen LogP contribution >= 0.6 is 8.69 Å². The van der Waals surface area contributed by atoms with Crippen molar-refractivity contribution in [3.8, 4) is 0 Å². The van der Waals surface area contributed by atoms with Crippen LogP contribution in [0.2, 0.25) is 0 Å². The Morgan fingerprint density at radius 3 is 2.36 bits per heavy atom. The summed E-state index contributed by atoms with van der Waals surface area (Å²) in [5.74, 6) is -0.374. The summed E-state index contributed by atoms with van der Waals surface area (Å²) in [7, 11) is -0.480. The van der Waals surface area contributed by atoms with Crippen molar-refractivity contribution in [3.05, 3.63) is 0 Å². The third-order valence-corrected chi connectivity index (χ3v) is 1.12. The zero-order chi connectivity index (χ0) is 8.91. The summed E-state index contributed by atoms with van der Waals surface area (Å²) in [6.07, 6.45) is 0. The van der Waals surface area contributed by atoms with E-state index in [2.05, 4.69) is 9.26 Å². The first-order valence-electron chi connectivity index (χ1n) is 3.10. The Labute approximate surface area is 67.2 Å². The van der Waals surface area contributed by atoms with Crippen LogP contribution in [0, 0.1) is 5.41 Å². The molecule has 0 aliphatic heterocycles. The number of carbonyl (C=O) groups excluding carboxylic acids is 1. The Kier molecular flexibility index (Phi) is 4.23. The molecule has 0 aromatic carbocycles. The van der Waals surface area contributed by atoms with Crippen LogP contribution in [0.1, 0.15) is 20.8 Å². The normalized spacial score (nSPS) is 11.5. The Balaban J connectivity index is 3.62. The standard InChI is InChI=1S/C6H11O4P/c1-6(2,3)5(7)9-4-10-11-8/h4H2,1-3H3. The number of hydrogen-bond donors (Lipinski definition) is 0. The molecule has 0 bridgehead atoms. The minimum Gasteiger partial charge on any atom is -0.437 e. The van der Waals surface area contributed by atoms with E-state index < -0.39 is 14.1 Å². The van der Waals surface area contributed by atoms with Crippen LogP contribution in [0.5, 0.6) is 0 Å². The molecule has 0 aromatic rings. The fourth-order valence-corrected chi connectivity index (χ4v) is 0.414. The molecule has 0 amide bonds. The van der Waals surface area contributed by atoms with Gasteiger partial charge < -0.3 is 4.74 Å². The van der Waals surface area contributed by atoms with Crippen LogP contribution in [-0.2, 0) is 18.6 Å². The second-order valence-corrected chi connectivity index (χ2v) is 3.41. The molecule has 0 spiro atoms. The van der Waals surface area contributed by atoms with Crippen LogP contribution in [-0.4, -0.2) is 12.8 Å². The largest absolute Gasteiger partial charge is 0.437 e. The average molecular weight is 178 g/mol. The molecule has 5 heteroatoms. The van der Waals surface area contributed by atoms with E-state index in [1.807, 2.05) is 0 Å². The van der Waals surface area contributed by atoms with Crippen molar-refractivity contribution in [2.75, 3.05) is 6.79 Å². The number of hydrogen-bond acceptors (Lipinski definition) is 4. The predicted molar refractivity (Wildman–Crippen MR) is 39.1 cm³/mol. The summed E-state index contributed by atoms with van der Waals surface area (Å²) < 4.78 is 18.6. The van der Waals surface area contributed by atoms with Crippen molar-refractivity contribution in [1.29, 1.82) is 0 Å². The Hall–Kier alpha value is -0.470. The lowest BCUT2D eigenvalue weighted by Crippen LogP contribution is -2.23. The minimum absolute atomic E-state index is 0.263. The van der Waals surface area contributed by atoms with Crippen LogP contribution in [0.15, 0.2) is 0 Å². The summed E-state index contributed by atoms with van der Waals surface area (Å²) in [5, 5.41) is 0. The fraction of sp³-hybridized carbons (Fsp3) is 0.833. The first-order valence-corrected chi connectivity index (χ1v) is 3.83. The molecule has 4 nitrogen and oxygen atoms in total. The van der Waals surface area contributed by atoms with Crippen LogP contribution in [0.4, 0.5) is 0 Å². The molecule has 0 saturated heterocycles. The van der Waals surface area contributed by atoms with E-state index in [1.165, 1.54) is 0 Å². The number of ether oxygens (including phenoxy) is 1. The van der Waals surface area contributed by atoms with Gasteiger partial charge in [-0.3, -0.25) is 9.32 Å². The van der Waals surface area contributed by atoms with Gasteiger partial charge in [-0.05, 0) is 20.8 Å². The molecule has 0 aliphatic carbocycles. The molecular formula is C6H11O4P. The molecule has 0 unspecified atom stereocenters. The van der Waals surface area contributed by atoms with Gasteiger partial charge in [-0.25, -0.2) is 4.57 Å². The van der Waals surface area contributed by atoms with Crippen LogP contribution in [0.3, 0.4) is 0 Å². The Morgan fingerprint density at radius 1 is 1.45 bits per heavy atom. The highest BCUT2D eigenvalue weighted by molar-refractivity contribution is 7.17. The van der Waals surface area contributed by atoms with Gasteiger partial charge in [-0.1, -0.05) is 0 Å². The molecule has 0 aliphatic rings. The fourth-order valence-electron chi connectivity index (χ4n) is 0.318. The van der Waals surface area contributed by atoms with Gasteiger partial charge in [0.15, 0.2) is 0 Å². The molecule has 0 heterocycles. The van der Waals surface area contributed by atoms with Gasteiger partial charge in [-0.15, -0.1) is 0 Å². The van der Waals surface area contributed by atoms with E-state index >= 15 is 0 Å². The minimum atomic E-state index is -0.539. The number of esters is 1. The summed E-state index contributed by atoms with van der Waals surface area (Å²) in [6.45, 7) is 4.92. The first kappa shape index (κ1) is 10.5. The topological polar surface area (TPSA) is 52.6 Å². The molecule has 0 rings (SSSR count). The van der Waals surface area contributed by atoms with Gasteiger partial charge in [0.05, 0.1) is 5.41 Å². The Bertz CT molecular complexity index is 149. The molecule has 0 saturated carbocycles. The molecule has 0 radical (unpaired) electrons. The third kappa shape index (κ3) is 4.87. The van der Waals surface area contributed by atoms with Gasteiger partial charge >= 0.3 is 14.7 Å². The lowest BCUT2D eigenvalue weighted by Gasteiger charge is -2.14. The van der Waals surface area contributed by atoms with E-state index in [9.17, 15) is 9.36 Å². The van der Waals surface area contributed by atoms with Crippen molar-refractivity contribution in [2.45, 2.75) is 20.8 Å². The van der Waals surface area contributed by atoms with Crippen molar-refractivity contribution in [3.63, 3.8) is 0 Å². The second-order valence-electron chi connectivity index (χ2n) is 3.00. The maximum Gasteiger partial charge on any atom is 0.330 e. The maximum absolute atomic E-state index is 10.9. The van der Waals surface area contributed by atoms with Gasteiger partial charge in [0.1, 0.15) is 0 Å². The molecule has 0 aromatic heterocycles. The highest BCUT2D eigenvalue weighted by atomic mass is 31.1. The Morgan fingerprint density at radius 2 is 2.00 bits per heavy atom. The molecule has 11 heavy (non-hydrogen) atoms. The molecule has 64 valence electrons. The number of rotatable bonds is 3. The SMILES string of the molecule is CC(C)(C)C(=O)OCOP=O. The van der Waals surface area contributed by atoms with E-state index in [1.54, 1.807) is 20.8 Å². The van der Waals surface area contributed by atoms with Gasteiger partial charge in [0, 0.05) is 0 Å². The van der Waals surface area contributed by atoms with Crippen molar-refractivity contribution in [1.82, 2.24) is 0 Å². The summed E-state index contributed by atoms with van der Waals surface area (Å²) in [5.41, 5.74) is -0.539. The molecular weight excluding hydrogens is 167 g/mol.